The maximum atomic E-state index is 3.53. The van der Waals surface area contributed by atoms with Crippen LogP contribution >= 0.6 is 0 Å². The topological polar surface area (TPSA) is 12.0 Å². The molecule has 0 amide bonds. The van der Waals surface area contributed by atoms with E-state index in [1.54, 1.807) is 11.1 Å². The maximum absolute atomic E-state index is 3.53. The summed E-state index contributed by atoms with van der Waals surface area (Å²) >= 11 is 0. The van der Waals surface area contributed by atoms with Crippen LogP contribution in [0, 0.1) is 5.92 Å². The maximum Gasteiger partial charge on any atom is 0.0346 e. The fraction of sp³-hybridized carbons (Fsp3) is 0.647. The lowest BCUT2D eigenvalue weighted by atomic mass is 9.84. The largest absolute Gasteiger partial charge is 0.313 e. The van der Waals surface area contributed by atoms with E-state index in [2.05, 4.69) is 44.4 Å². The van der Waals surface area contributed by atoms with E-state index in [1.807, 2.05) is 0 Å². The van der Waals surface area contributed by atoms with Crippen LogP contribution in [0.15, 0.2) is 18.2 Å². The molecule has 2 rings (SSSR count). The highest BCUT2D eigenvalue weighted by molar-refractivity contribution is 5.35. The third-order valence-electron chi connectivity index (χ3n) is 4.56. The Hall–Kier alpha value is -0.820. The third-order valence-corrected chi connectivity index (χ3v) is 4.56. The smallest absolute Gasteiger partial charge is 0.0346 e. The summed E-state index contributed by atoms with van der Waals surface area (Å²) in [5.41, 5.74) is 4.68. The number of hydrogen-bond donors (Lipinski definition) is 1. The Labute approximate surface area is 112 Å². The zero-order chi connectivity index (χ0) is 13.0. The van der Waals surface area contributed by atoms with Crippen molar-refractivity contribution in [3.63, 3.8) is 0 Å². The molecule has 1 unspecified atom stereocenters. The first-order valence-electron chi connectivity index (χ1n) is 7.59. The van der Waals surface area contributed by atoms with Gasteiger partial charge in [-0.25, -0.2) is 0 Å². The molecule has 0 fully saturated rings. The monoisotopic (exact) mass is 245 g/mol. The van der Waals surface area contributed by atoms with Crippen molar-refractivity contribution >= 4 is 0 Å². The minimum atomic E-state index is 0.521. The summed E-state index contributed by atoms with van der Waals surface area (Å²) in [6.07, 6.45) is 7.80. The zero-order valence-electron chi connectivity index (χ0n) is 12.1. The number of hydrogen-bond acceptors (Lipinski definition) is 1. The fourth-order valence-corrected chi connectivity index (χ4v) is 3.38. The van der Waals surface area contributed by atoms with Crippen molar-refractivity contribution in [3.05, 3.63) is 34.9 Å². The molecule has 0 aliphatic heterocycles. The van der Waals surface area contributed by atoms with Gasteiger partial charge in [0.2, 0.25) is 0 Å². The molecule has 0 aromatic heterocycles. The summed E-state index contributed by atoms with van der Waals surface area (Å²) in [5.74, 6) is 0.747. The molecule has 1 aromatic rings. The first-order valence-corrected chi connectivity index (χ1v) is 7.59. The van der Waals surface area contributed by atoms with Gasteiger partial charge in [-0.3, -0.25) is 0 Å². The van der Waals surface area contributed by atoms with Crippen molar-refractivity contribution in [2.24, 2.45) is 5.92 Å². The van der Waals surface area contributed by atoms with Crippen LogP contribution in [0.25, 0.3) is 0 Å². The van der Waals surface area contributed by atoms with Crippen molar-refractivity contribution in [2.45, 2.75) is 58.4 Å². The summed E-state index contributed by atoms with van der Waals surface area (Å²) in [6.45, 7) is 4.60. The van der Waals surface area contributed by atoms with Gasteiger partial charge in [0.15, 0.2) is 0 Å². The van der Waals surface area contributed by atoms with E-state index in [0.717, 1.165) is 5.92 Å². The van der Waals surface area contributed by atoms with Gasteiger partial charge in [-0.2, -0.15) is 0 Å². The molecule has 1 aliphatic carbocycles. The van der Waals surface area contributed by atoms with Crippen LogP contribution in [0.1, 0.15) is 62.3 Å². The van der Waals surface area contributed by atoms with Crippen molar-refractivity contribution < 1.29 is 0 Å². The molecule has 100 valence electrons. The average molecular weight is 245 g/mol. The molecule has 18 heavy (non-hydrogen) atoms. The zero-order valence-corrected chi connectivity index (χ0v) is 12.1. The van der Waals surface area contributed by atoms with Crippen molar-refractivity contribution in [1.29, 1.82) is 0 Å². The van der Waals surface area contributed by atoms with Gasteiger partial charge in [-0.1, -0.05) is 44.9 Å². The summed E-state index contributed by atoms with van der Waals surface area (Å²) in [5, 5.41) is 3.53. The van der Waals surface area contributed by atoms with Crippen molar-refractivity contribution in [3.8, 4) is 0 Å². The number of nitrogens with one attached hydrogen (secondary N) is 1. The van der Waals surface area contributed by atoms with Gasteiger partial charge < -0.3 is 5.32 Å². The Kier molecular flexibility index (Phi) is 4.82. The molecule has 0 radical (unpaired) electrons. The van der Waals surface area contributed by atoms with Gasteiger partial charge in [0.05, 0.1) is 0 Å². The van der Waals surface area contributed by atoms with Crippen LogP contribution in [0.3, 0.4) is 0 Å². The lowest BCUT2D eigenvalue weighted by molar-refractivity contribution is 0.359. The van der Waals surface area contributed by atoms with Crippen LogP contribution in [0.2, 0.25) is 0 Å². The van der Waals surface area contributed by atoms with Gasteiger partial charge in [-0.15, -0.1) is 0 Å². The molecule has 1 aliphatic rings. The molecule has 1 aromatic carbocycles. The number of benzene rings is 1. The minimum absolute atomic E-state index is 0.521. The van der Waals surface area contributed by atoms with E-state index in [-0.39, 0.29) is 0 Å². The Morgan fingerprint density at radius 1 is 1.06 bits per heavy atom. The van der Waals surface area contributed by atoms with Crippen molar-refractivity contribution in [2.75, 3.05) is 7.05 Å². The van der Waals surface area contributed by atoms with Crippen LogP contribution in [0.5, 0.6) is 0 Å². The molecule has 1 heteroatoms. The Balaban J connectivity index is 2.25. The normalized spacial score (nSPS) is 16.7. The Morgan fingerprint density at radius 3 is 2.33 bits per heavy atom. The van der Waals surface area contributed by atoms with E-state index < -0.39 is 0 Å². The second-order valence-electron chi connectivity index (χ2n) is 5.58. The highest BCUT2D eigenvalue weighted by Gasteiger charge is 2.20. The number of aryl methyl sites for hydroxylation is 2. The summed E-state index contributed by atoms with van der Waals surface area (Å²) in [7, 11) is 2.10. The molecule has 0 saturated heterocycles. The molecular formula is C17H27N. The Morgan fingerprint density at radius 2 is 1.72 bits per heavy atom. The van der Waals surface area contributed by atoms with Crippen LogP contribution in [-0.4, -0.2) is 7.05 Å². The lowest BCUT2D eigenvalue weighted by Gasteiger charge is -2.27. The highest BCUT2D eigenvalue weighted by Crippen LogP contribution is 2.30. The predicted molar refractivity (Wildman–Crippen MR) is 79.0 cm³/mol. The van der Waals surface area contributed by atoms with Gasteiger partial charge >= 0.3 is 0 Å². The first-order chi connectivity index (χ1) is 8.80. The first kappa shape index (κ1) is 13.6. The van der Waals surface area contributed by atoms with E-state index in [9.17, 15) is 0 Å². The quantitative estimate of drug-likeness (QED) is 0.817. The molecular weight excluding hydrogens is 218 g/mol. The van der Waals surface area contributed by atoms with Gasteiger partial charge in [-0.05, 0) is 55.3 Å². The van der Waals surface area contributed by atoms with E-state index in [4.69, 9.17) is 0 Å². The van der Waals surface area contributed by atoms with E-state index in [0.29, 0.717) is 6.04 Å². The lowest BCUT2D eigenvalue weighted by Crippen LogP contribution is -2.25. The van der Waals surface area contributed by atoms with Crippen LogP contribution in [-0.2, 0) is 12.8 Å². The van der Waals surface area contributed by atoms with Gasteiger partial charge in [0, 0.05) is 6.04 Å². The molecule has 1 atom stereocenters. The molecule has 0 spiro atoms. The molecule has 1 N–H and O–H groups in total. The van der Waals surface area contributed by atoms with Crippen LogP contribution < -0.4 is 5.32 Å². The summed E-state index contributed by atoms with van der Waals surface area (Å²) in [6, 6.07) is 7.71. The minimum Gasteiger partial charge on any atom is -0.313 e. The molecule has 0 bridgehead atoms. The van der Waals surface area contributed by atoms with Crippen molar-refractivity contribution in [1.82, 2.24) is 5.32 Å². The molecule has 1 nitrogen and oxygen atoms in total. The average Bonchev–Trinajstić information content (AvgIpc) is 2.44. The SMILES string of the molecule is CCC(CC)C(NC)c1ccc2c(c1)CCCC2. The van der Waals surface area contributed by atoms with E-state index in [1.165, 1.54) is 44.1 Å². The number of rotatable bonds is 5. The van der Waals surface area contributed by atoms with Gasteiger partial charge in [0.1, 0.15) is 0 Å². The predicted octanol–water partition coefficient (Wildman–Crippen LogP) is 4.26. The summed E-state index contributed by atoms with van der Waals surface area (Å²) < 4.78 is 0. The number of fused-ring (bicyclic) bond motifs is 1. The Bertz CT molecular complexity index is 379. The van der Waals surface area contributed by atoms with Gasteiger partial charge in [0.25, 0.3) is 0 Å². The second-order valence-corrected chi connectivity index (χ2v) is 5.58. The van der Waals surface area contributed by atoms with Crippen LogP contribution in [0.4, 0.5) is 0 Å². The summed E-state index contributed by atoms with van der Waals surface area (Å²) in [4.78, 5) is 0. The third kappa shape index (κ3) is 2.77. The highest BCUT2D eigenvalue weighted by atomic mass is 14.9. The second kappa shape index (κ2) is 6.38. The molecule has 0 heterocycles. The fourth-order valence-electron chi connectivity index (χ4n) is 3.38. The standard InChI is InChI=1S/C17H27N/c1-4-13(5-2)17(18-3)16-11-10-14-8-6-7-9-15(14)12-16/h10-13,17-18H,4-9H2,1-3H3. The molecule has 0 saturated carbocycles. The van der Waals surface area contributed by atoms with E-state index >= 15 is 0 Å².